The third-order valence-electron chi connectivity index (χ3n) is 3.12. The van der Waals surface area contributed by atoms with Crippen LogP contribution in [0, 0.1) is 0 Å². The minimum Gasteiger partial charge on any atom is -0.464 e. The Labute approximate surface area is 118 Å². The Morgan fingerprint density at radius 3 is 2.90 bits per heavy atom. The molecule has 1 fully saturated rings. The number of rotatable bonds is 4. The normalized spacial score (nSPS) is 22.5. The molecule has 0 radical (unpaired) electrons. The monoisotopic (exact) mass is 280 g/mol. The Morgan fingerprint density at radius 1 is 1.55 bits per heavy atom. The number of hydrogen-bond acceptors (Lipinski definition) is 5. The van der Waals surface area contributed by atoms with Crippen molar-refractivity contribution in [3.05, 3.63) is 35.4 Å². The zero-order valence-corrected chi connectivity index (χ0v) is 12.0. The van der Waals surface area contributed by atoms with E-state index in [9.17, 15) is 9.90 Å². The second-order valence-electron chi connectivity index (χ2n) is 5.14. The second-order valence-corrected chi connectivity index (χ2v) is 5.14. The van der Waals surface area contributed by atoms with Gasteiger partial charge in [-0.1, -0.05) is 18.2 Å². The fourth-order valence-corrected chi connectivity index (χ4v) is 2.14. The van der Waals surface area contributed by atoms with Crippen LogP contribution >= 0.6 is 0 Å². The summed E-state index contributed by atoms with van der Waals surface area (Å²) in [6.07, 6.45) is -1.47. The molecule has 110 valence electrons. The van der Waals surface area contributed by atoms with E-state index in [1.54, 1.807) is 25.1 Å². The second kappa shape index (κ2) is 5.91. The Balaban J connectivity index is 2.14. The summed E-state index contributed by atoms with van der Waals surface area (Å²) in [5, 5.41) is 9.94. The highest BCUT2D eigenvalue weighted by Gasteiger charge is 2.33. The van der Waals surface area contributed by atoms with E-state index in [0.717, 1.165) is 5.56 Å². The fraction of sp³-hybridized carbons (Fsp3) is 0.533. The lowest BCUT2D eigenvalue weighted by atomic mass is 10.0. The number of aliphatic hydroxyl groups is 1. The number of benzene rings is 1. The molecule has 0 aromatic heterocycles. The average Bonchev–Trinajstić information content (AvgIpc) is 2.79. The number of esters is 1. The van der Waals surface area contributed by atoms with Crippen molar-refractivity contribution in [3.63, 3.8) is 0 Å². The number of carbonyl (C=O) groups excluding carboxylic acids is 1. The van der Waals surface area contributed by atoms with Gasteiger partial charge in [0.2, 0.25) is 0 Å². The van der Waals surface area contributed by atoms with Crippen molar-refractivity contribution in [1.82, 2.24) is 0 Å². The van der Waals surface area contributed by atoms with Gasteiger partial charge in [-0.15, -0.1) is 0 Å². The highest BCUT2D eigenvalue weighted by atomic mass is 16.7. The molecule has 0 bridgehead atoms. The Hall–Kier alpha value is -1.43. The third kappa shape index (κ3) is 3.36. The van der Waals surface area contributed by atoms with Crippen LogP contribution in [0.5, 0.6) is 0 Å². The molecule has 2 unspecified atom stereocenters. The van der Waals surface area contributed by atoms with Crippen LogP contribution in [0.4, 0.5) is 0 Å². The summed E-state index contributed by atoms with van der Waals surface area (Å²) in [6.45, 7) is 6.09. The van der Waals surface area contributed by atoms with E-state index in [4.69, 9.17) is 14.2 Å². The molecular weight excluding hydrogens is 260 g/mol. The highest BCUT2D eigenvalue weighted by molar-refractivity contribution is 5.76. The molecule has 1 aliphatic heterocycles. The molecule has 1 aromatic rings. The molecule has 1 saturated heterocycles. The van der Waals surface area contributed by atoms with Crippen LogP contribution in [0.25, 0.3) is 0 Å². The Kier molecular flexibility index (Phi) is 4.42. The van der Waals surface area contributed by atoms with Crippen molar-refractivity contribution in [3.8, 4) is 0 Å². The van der Waals surface area contributed by atoms with Crippen molar-refractivity contribution in [2.45, 2.75) is 38.8 Å². The molecule has 0 saturated carbocycles. The van der Waals surface area contributed by atoms with Crippen molar-refractivity contribution in [2.24, 2.45) is 0 Å². The van der Waals surface area contributed by atoms with Crippen molar-refractivity contribution in [1.29, 1.82) is 0 Å². The number of aliphatic hydroxyl groups excluding tert-OH is 1. The Morgan fingerprint density at radius 2 is 2.30 bits per heavy atom. The summed E-state index contributed by atoms with van der Waals surface area (Å²) in [6, 6.07) is 7.10. The van der Waals surface area contributed by atoms with E-state index in [1.165, 1.54) is 0 Å². The van der Waals surface area contributed by atoms with Gasteiger partial charge >= 0.3 is 5.97 Å². The van der Waals surface area contributed by atoms with Gasteiger partial charge in [-0.05, 0) is 38.0 Å². The molecule has 1 aliphatic rings. The average molecular weight is 280 g/mol. The summed E-state index contributed by atoms with van der Waals surface area (Å²) in [7, 11) is 0. The van der Waals surface area contributed by atoms with Gasteiger partial charge in [0.1, 0.15) is 6.10 Å². The molecule has 0 aliphatic carbocycles. The molecule has 1 aromatic carbocycles. The summed E-state index contributed by atoms with van der Waals surface area (Å²) >= 11 is 0. The van der Waals surface area contributed by atoms with Crippen LogP contribution in [0.3, 0.4) is 0 Å². The first-order chi connectivity index (χ1) is 9.43. The first-order valence-electron chi connectivity index (χ1n) is 6.69. The standard InChI is InChI=1S/C15H20O5/c1-4-18-14(17)13(16)11-7-5-6-10(8-11)12-9-19-15(2,3)20-12/h5-8,12-13,16H,4,9H2,1-3H3. The number of ether oxygens (including phenoxy) is 3. The van der Waals surface area contributed by atoms with E-state index in [0.29, 0.717) is 12.2 Å². The lowest BCUT2D eigenvalue weighted by Gasteiger charge is -2.18. The predicted octanol–water partition coefficient (Wildman–Crippen LogP) is 2.11. The predicted molar refractivity (Wildman–Crippen MR) is 71.9 cm³/mol. The van der Waals surface area contributed by atoms with E-state index in [1.807, 2.05) is 19.9 Å². The number of hydrogen-bond donors (Lipinski definition) is 1. The van der Waals surface area contributed by atoms with Crippen LogP contribution < -0.4 is 0 Å². The third-order valence-corrected chi connectivity index (χ3v) is 3.12. The van der Waals surface area contributed by atoms with Gasteiger partial charge in [0.05, 0.1) is 13.2 Å². The largest absolute Gasteiger partial charge is 0.464 e. The molecule has 5 heteroatoms. The quantitative estimate of drug-likeness (QED) is 0.856. The van der Waals surface area contributed by atoms with Crippen LogP contribution in [-0.2, 0) is 19.0 Å². The maximum Gasteiger partial charge on any atom is 0.339 e. The summed E-state index contributed by atoms with van der Waals surface area (Å²) in [5.41, 5.74) is 1.37. The molecule has 1 heterocycles. The summed E-state index contributed by atoms with van der Waals surface area (Å²) in [4.78, 5) is 11.6. The molecule has 0 amide bonds. The first kappa shape index (κ1) is 15.0. The maximum atomic E-state index is 11.6. The SMILES string of the molecule is CCOC(=O)C(O)c1cccc(C2COC(C)(C)O2)c1. The minimum atomic E-state index is -1.27. The molecule has 2 atom stereocenters. The van der Waals surface area contributed by atoms with Gasteiger partial charge in [0, 0.05) is 0 Å². The zero-order valence-electron chi connectivity index (χ0n) is 12.0. The van der Waals surface area contributed by atoms with Gasteiger partial charge in [-0.3, -0.25) is 0 Å². The Bertz CT molecular complexity index is 483. The molecule has 1 N–H and O–H groups in total. The van der Waals surface area contributed by atoms with E-state index < -0.39 is 17.9 Å². The van der Waals surface area contributed by atoms with Crippen LogP contribution in [0.1, 0.15) is 44.1 Å². The van der Waals surface area contributed by atoms with Gasteiger partial charge in [0.15, 0.2) is 11.9 Å². The highest BCUT2D eigenvalue weighted by Crippen LogP contribution is 2.33. The fourth-order valence-electron chi connectivity index (χ4n) is 2.14. The first-order valence-corrected chi connectivity index (χ1v) is 6.69. The van der Waals surface area contributed by atoms with Crippen molar-refractivity contribution >= 4 is 5.97 Å². The van der Waals surface area contributed by atoms with Crippen molar-refractivity contribution in [2.75, 3.05) is 13.2 Å². The van der Waals surface area contributed by atoms with Crippen LogP contribution in [-0.4, -0.2) is 30.1 Å². The topological polar surface area (TPSA) is 65.0 Å². The lowest BCUT2D eigenvalue weighted by Crippen LogP contribution is -2.19. The van der Waals surface area contributed by atoms with Crippen LogP contribution in [0.2, 0.25) is 0 Å². The van der Waals surface area contributed by atoms with Crippen molar-refractivity contribution < 1.29 is 24.1 Å². The van der Waals surface area contributed by atoms with E-state index in [-0.39, 0.29) is 12.7 Å². The summed E-state index contributed by atoms with van der Waals surface area (Å²) < 4.78 is 16.1. The maximum absolute atomic E-state index is 11.6. The summed E-state index contributed by atoms with van der Waals surface area (Å²) in [5.74, 6) is -1.26. The van der Waals surface area contributed by atoms with Gasteiger partial charge in [-0.25, -0.2) is 4.79 Å². The number of carbonyl (C=O) groups is 1. The van der Waals surface area contributed by atoms with E-state index in [2.05, 4.69) is 0 Å². The van der Waals surface area contributed by atoms with Crippen LogP contribution in [0.15, 0.2) is 24.3 Å². The lowest BCUT2D eigenvalue weighted by molar-refractivity contribution is -0.153. The smallest absolute Gasteiger partial charge is 0.339 e. The minimum absolute atomic E-state index is 0.195. The molecule has 0 spiro atoms. The van der Waals surface area contributed by atoms with E-state index >= 15 is 0 Å². The molecule has 20 heavy (non-hydrogen) atoms. The van der Waals surface area contributed by atoms with Gasteiger partial charge in [-0.2, -0.15) is 0 Å². The molecular formula is C15H20O5. The zero-order chi connectivity index (χ0) is 14.8. The van der Waals surface area contributed by atoms with Gasteiger partial charge in [0.25, 0.3) is 0 Å². The molecule has 2 rings (SSSR count). The molecule has 5 nitrogen and oxygen atoms in total. The van der Waals surface area contributed by atoms with Gasteiger partial charge < -0.3 is 19.3 Å².